The fraction of sp³-hybridized carbons (Fsp3) is 0.364. The predicted molar refractivity (Wildman–Crippen MR) is 54.3 cm³/mol. The third kappa shape index (κ3) is 1.72. The number of amides is 1. The molecule has 0 aliphatic carbocycles. The maximum absolute atomic E-state index is 11.7. The van der Waals surface area contributed by atoms with Crippen molar-refractivity contribution in [1.29, 1.82) is 0 Å². The Kier molecular flexibility index (Phi) is 3.07. The summed E-state index contributed by atoms with van der Waals surface area (Å²) in [5.74, 6) is 0.0821. The molecule has 2 nitrogen and oxygen atoms in total. The lowest BCUT2D eigenvalue weighted by atomic mass is 9.99. The number of hydrogen-bond acceptors (Lipinski definition) is 1. The normalized spacial score (nSPS) is 17.6. The third-order valence-electron chi connectivity index (χ3n) is 2.35. The van der Waals surface area contributed by atoms with Crippen LogP contribution in [0.2, 0.25) is 0 Å². The highest BCUT2D eigenvalue weighted by atomic mass is 16.2. The van der Waals surface area contributed by atoms with Gasteiger partial charge in [0, 0.05) is 18.7 Å². The van der Waals surface area contributed by atoms with Crippen LogP contribution in [0.5, 0.6) is 0 Å². The number of carbonyl (C=O) groups is 1. The molecule has 0 saturated heterocycles. The van der Waals surface area contributed by atoms with Crippen molar-refractivity contribution in [3.8, 4) is 0 Å². The Morgan fingerprint density at radius 3 is 2.62 bits per heavy atom. The van der Waals surface area contributed by atoms with Gasteiger partial charge >= 0.3 is 0 Å². The van der Waals surface area contributed by atoms with Gasteiger partial charge in [0.1, 0.15) is 0 Å². The van der Waals surface area contributed by atoms with Crippen molar-refractivity contribution >= 4 is 5.91 Å². The summed E-state index contributed by atoms with van der Waals surface area (Å²) in [6, 6.07) is 0. The van der Waals surface area contributed by atoms with E-state index in [0.29, 0.717) is 5.57 Å². The molecule has 13 heavy (non-hydrogen) atoms. The summed E-state index contributed by atoms with van der Waals surface area (Å²) in [4.78, 5) is 13.5. The van der Waals surface area contributed by atoms with Gasteiger partial charge in [-0.1, -0.05) is 25.3 Å². The topological polar surface area (TPSA) is 20.3 Å². The monoisotopic (exact) mass is 177 g/mol. The molecule has 0 atom stereocenters. The van der Waals surface area contributed by atoms with Crippen LogP contribution in [0.1, 0.15) is 13.3 Å². The van der Waals surface area contributed by atoms with Crippen LogP contribution in [0.25, 0.3) is 0 Å². The summed E-state index contributed by atoms with van der Waals surface area (Å²) in [6.45, 7) is 10.9. The van der Waals surface area contributed by atoms with E-state index >= 15 is 0 Å². The van der Waals surface area contributed by atoms with Crippen LogP contribution in [-0.2, 0) is 4.79 Å². The zero-order valence-electron chi connectivity index (χ0n) is 8.05. The lowest BCUT2D eigenvalue weighted by molar-refractivity contribution is -0.127. The van der Waals surface area contributed by atoms with Crippen LogP contribution in [0.3, 0.4) is 0 Å². The molecular formula is C11H15NO. The van der Waals surface area contributed by atoms with Crippen molar-refractivity contribution in [1.82, 2.24) is 4.90 Å². The van der Waals surface area contributed by atoms with E-state index in [9.17, 15) is 4.79 Å². The van der Waals surface area contributed by atoms with Gasteiger partial charge in [0.05, 0.1) is 0 Å². The number of allylic oxidation sites excluding steroid dienone is 1. The van der Waals surface area contributed by atoms with Crippen molar-refractivity contribution in [3.63, 3.8) is 0 Å². The van der Waals surface area contributed by atoms with Crippen LogP contribution >= 0.6 is 0 Å². The van der Waals surface area contributed by atoms with Gasteiger partial charge in [-0.3, -0.25) is 4.79 Å². The highest BCUT2D eigenvalue weighted by Gasteiger charge is 2.21. The second-order valence-corrected chi connectivity index (χ2v) is 2.98. The molecule has 0 saturated carbocycles. The lowest BCUT2D eigenvalue weighted by Gasteiger charge is -2.27. The maximum Gasteiger partial charge on any atom is 0.254 e. The highest BCUT2D eigenvalue weighted by Crippen LogP contribution is 2.20. The van der Waals surface area contributed by atoms with Gasteiger partial charge in [-0.05, 0) is 18.9 Å². The van der Waals surface area contributed by atoms with Gasteiger partial charge in [-0.15, -0.1) is 0 Å². The first-order valence-electron chi connectivity index (χ1n) is 4.51. The Morgan fingerprint density at radius 2 is 2.15 bits per heavy atom. The Labute approximate surface area is 79.2 Å². The molecule has 1 aliphatic rings. The van der Waals surface area contributed by atoms with Crippen LogP contribution in [-0.4, -0.2) is 23.9 Å². The summed E-state index contributed by atoms with van der Waals surface area (Å²) in [5, 5.41) is 0. The van der Waals surface area contributed by atoms with E-state index in [1.165, 1.54) is 0 Å². The van der Waals surface area contributed by atoms with Gasteiger partial charge in [0.2, 0.25) is 0 Å². The Hall–Kier alpha value is -1.31. The quantitative estimate of drug-likeness (QED) is 0.644. The molecule has 1 rings (SSSR count). The molecule has 0 N–H and O–H groups in total. The molecule has 1 heterocycles. The SMILES string of the molecule is C=CC1=C(C=C)C(=O)N(CC)CC1. The van der Waals surface area contributed by atoms with Crippen molar-refractivity contribution in [2.75, 3.05) is 13.1 Å². The van der Waals surface area contributed by atoms with Crippen LogP contribution in [0.4, 0.5) is 0 Å². The van der Waals surface area contributed by atoms with E-state index < -0.39 is 0 Å². The van der Waals surface area contributed by atoms with Crippen molar-refractivity contribution < 1.29 is 4.79 Å². The van der Waals surface area contributed by atoms with E-state index in [0.717, 1.165) is 25.1 Å². The predicted octanol–water partition coefficient (Wildman–Crippen LogP) is 1.91. The second kappa shape index (κ2) is 4.08. The molecule has 0 radical (unpaired) electrons. The molecule has 0 aromatic carbocycles. The molecule has 0 bridgehead atoms. The van der Waals surface area contributed by atoms with Crippen LogP contribution < -0.4 is 0 Å². The molecule has 0 spiro atoms. The zero-order valence-corrected chi connectivity index (χ0v) is 8.05. The largest absolute Gasteiger partial charge is 0.339 e. The van der Waals surface area contributed by atoms with E-state index in [1.54, 1.807) is 12.2 Å². The summed E-state index contributed by atoms with van der Waals surface area (Å²) in [6.07, 6.45) is 4.27. The second-order valence-electron chi connectivity index (χ2n) is 2.98. The molecular weight excluding hydrogens is 162 g/mol. The summed E-state index contributed by atoms with van der Waals surface area (Å²) in [7, 11) is 0. The summed E-state index contributed by atoms with van der Waals surface area (Å²) >= 11 is 0. The van der Waals surface area contributed by atoms with E-state index in [4.69, 9.17) is 0 Å². The molecule has 1 amide bonds. The third-order valence-corrected chi connectivity index (χ3v) is 2.35. The molecule has 0 aromatic heterocycles. The lowest BCUT2D eigenvalue weighted by Crippen LogP contribution is -2.36. The fourth-order valence-electron chi connectivity index (χ4n) is 1.53. The number of carbonyl (C=O) groups excluding carboxylic acids is 1. The Bertz CT molecular complexity index is 276. The van der Waals surface area contributed by atoms with Crippen molar-refractivity contribution in [2.24, 2.45) is 0 Å². The van der Waals surface area contributed by atoms with E-state index in [1.807, 2.05) is 11.8 Å². The highest BCUT2D eigenvalue weighted by molar-refractivity contribution is 5.98. The summed E-state index contributed by atoms with van der Waals surface area (Å²) < 4.78 is 0. The molecule has 2 heteroatoms. The van der Waals surface area contributed by atoms with Gasteiger partial charge in [-0.2, -0.15) is 0 Å². The van der Waals surface area contributed by atoms with Gasteiger partial charge in [-0.25, -0.2) is 0 Å². The average molecular weight is 177 g/mol. The number of rotatable bonds is 3. The van der Waals surface area contributed by atoms with Gasteiger partial charge < -0.3 is 4.90 Å². The Morgan fingerprint density at radius 1 is 1.46 bits per heavy atom. The van der Waals surface area contributed by atoms with Crippen LogP contribution in [0.15, 0.2) is 36.5 Å². The first-order valence-corrected chi connectivity index (χ1v) is 4.51. The Balaban J connectivity index is 3.01. The smallest absolute Gasteiger partial charge is 0.254 e. The minimum absolute atomic E-state index is 0.0821. The number of nitrogens with zero attached hydrogens (tertiary/aromatic N) is 1. The average Bonchev–Trinajstić information content (AvgIpc) is 2.17. The van der Waals surface area contributed by atoms with Crippen molar-refractivity contribution in [3.05, 3.63) is 36.5 Å². The van der Waals surface area contributed by atoms with E-state index in [-0.39, 0.29) is 5.91 Å². The molecule has 0 fully saturated rings. The molecule has 0 aromatic rings. The number of hydrogen-bond donors (Lipinski definition) is 0. The van der Waals surface area contributed by atoms with Gasteiger partial charge in [0.25, 0.3) is 5.91 Å². The minimum Gasteiger partial charge on any atom is -0.339 e. The summed E-state index contributed by atoms with van der Waals surface area (Å²) in [5.41, 5.74) is 1.73. The van der Waals surface area contributed by atoms with E-state index in [2.05, 4.69) is 13.2 Å². The number of likely N-dealkylation sites (N-methyl/N-ethyl adjacent to an activating group) is 1. The van der Waals surface area contributed by atoms with Crippen LogP contribution in [0, 0.1) is 0 Å². The first kappa shape index (κ1) is 9.78. The molecule has 70 valence electrons. The van der Waals surface area contributed by atoms with Crippen molar-refractivity contribution in [2.45, 2.75) is 13.3 Å². The fourth-order valence-corrected chi connectivity index (χ4v) is 1.53. The molecule has 1 aliphatic heterocycles. The zero-order chi connectivity index (χ0) is 9.84. The maximum atomic E-state index is 11.7. The standard InChI is InChI=1S/C11H15NO/c1-4-9-7-8-12(6-3)11(13)10(9)5-2/h4-5H,1-2,6-8H2,3H3. The first-order chi connectivity index (χ1) is 6.24. The van der Waals surface area contributed by atoms with Gasteiger partial charge in [0.15, 0.2) is 0 Å². The molecule has 0 unspecified atom stereocenters. The minimum atomic E-state index is 0.0821.